The SMILES string of the molecule is CC[C@H](C)[C@H](NC(=O)Cn1cnc2cc(OC)c(OC)cc2c1=O)C(=O)O. The molecule has 2 aromatic rings. The Labute approximate surface area is 155 Å². The van der Waals surface area contributed by atoms with E-state index in [1.165, 1.54) is 26.6 Å². The van der Waals surface area contributed by atoms with Crippen molar-refractivity contribution in [1.29, 1.82) is 0 Å². The van der Waals surface area contributed by atoms with Crippen LogP contribution in [0.4, 0.5) is 0 Å². The Morgan fingerprint density at radius 1 is 1.26 bits per heavy atom. The summed E-state index contributed by atoms with van der Waals surface area (Å²) in [5.41, 5.74) is -0.0381. The number of hydrogen-bond donors (Lipinski definition) is 2. The van der Waals surface area contributed by atoms with E-state index in [1.54, 1.807) is 13.0 Å². The lowest BCUT2D eigenvalue weighted by Crippen LogP contribution is -2.46. The Kier molecular flexibility index (Phi) is 6.38. The fraction of sp³-hybridized carbons (Fsp3) is 0.444. The van der Waals surface area contributed by atoms with Gasteiger partial charge < -0.3 is 19.9 Å². The predicted octanol–water partition coefficient (Wildman–Crippen LogP) is 1.03. The number of nitrogens with zero attached hydrogens (tertiary/aromatic N) is 2. The first-order chi connectivity index (χ1) is 12.8. The van der Waals surface area contributed by atoms with Crippen molar-refractivity contribution in [2.45, 2.75) is 32.9 Å². The van der Waals surface area contributed by atoms with Gasteiger partial charge in [0.1, 0.15) is 12.6 Å². The van der Waals surface area contributed by atoms with Crippen molar-refractivity contribution in [3.63, 3.8) is 0 Å². The van der Waals surface area contributed by atoms with Crippen LogP contribution in [0.3, 0.4) is 0 Å². The molecule has 1 heterocycles. The van der Waals surface area contributed by atoms with Crippen LogP contribution in [0.2, 0.25) is 0 Å². The van der Waals surface area contributed by atoms with Crippen molar-refractivity contribution in [3.05, 3.63) is 28.8 Å². The second-order valence-corrected chi connectivity index (χ2v) is 6.17. The molecule has 1 amide bonds. The molecule has 0 fully saturated rings. The number of amides is 1. The highest BCUT2D eigenvalue weighted by molar-refractivity contribution is 5.84. The number of hydrogen-bond acceptors (Lipinski definition) is 6. The molecule has 0 saturated heterocycles. The smallest absolute Gasteiger partial charge is 0.326 e. The molecule has 146 valence electrons. The van der Waals surface area contributed by atoms with Gasteiger partial charge >= 0.3 is 5.97 Å². The average Bonchev–Trinajstić information content (AvgIpc) is 2.66. The fourth-order valence-corrected chi connectivity index (χ4v) is 2.65. The molecule has 0 radical (unpaired) electrons. The maximum Gasteiger partial charge on any atom is 0.326 e. The Morgan fingerprint density at radius 3 is 2.44 bits per heavy atom. The van der Waals surface area contributed by atoms with E-state index in [4.69, 9.17) is 9.47 Å². The average molecular weight is 377 g/mol. The molecule has 2 N–H and O–H groups in total. The number of ether oxygens (including phenoxy) is 2. The van der Waals surface area contributed by atoms with E-state index in [1.807, 2.05) is 6.92 Å². The van der Waals surface area contributed by atoms with Crippen LogP contribution < -0.4 is 20.3 Å². The van der Waals surface area contributed by atoms with Crippen LogP contribution in [-0.2, 0) is 16.1 Å². The monoisotopic (exact) mass is 377 g/mol. The summed E-state index contributed by atoms with van der Waals surface area (Å²) in [7, 11) is 2.93. The van der Waals surface area contributed by atoms with E-state index in [-0.39, 0.29) is 17.8 Å². The number of carbonyl (C=O) groups excluding carboxylic acids is 1. The Morgan fingerprint density at radius 2 is 1.89 bits per heavy atom. The van der Waals surface area contributed by atoms with Crippen molar-refractivity contribution >= 4 is 22.8 Å². The highest BCUT2D eigenvalue weighted by Gasteiger charge is 2.25. The van der Waals surface area contributed by atoms with Gasteiger partial charge in [-0.25, -0.2) is 9.78 Å². The molecule has 27 heavy (non-hydrogen) atoms. The van der Waals surface area contributed by atoms with E-state index in [2.05, 4.69) is 10.3 Å². The summed E-state index contributed by atoms with van der Waals surface area (Å²) in [5.74, 6) is -1.13. The van der Waals surface area contributed by atoms with Crippen LogP contribution >= 0.6 is 0 Å². The van der Waals surface area contributed by atoms with Gasteiger partial charge in [-0.1, -0.05) is 20.3 Å². The van der Waals surface area contributed by atoms with E-state index < -0.39 is 23.5 Å². The largest absolute Gasteiger partial charge is 0.493 e. The number of benzene rings is 1. The third-order valence-electron chi connectivity index (χ3n) is 4.44. The minimum atomic E-state index is -1.11. The van der Waals surface area contributed by atoms with E-state index in [0.717, 1.165) is 4.57 Å². The molecule has 0 aliphatic rings. The van der Waals surface area contributed by atoms with Crippen molar-refractivity contribution < 1.29 is 24.2 Å². The van der Waals surface area contributed by atoms with Crippen molar-refractivity contribution in [3.8, 4) is 11.5 Å². The fourth-order valence-electron chi connectivity index (χ4n) is 2.65. The number of carbonyl (C=O) groups is 2. The van der Waals surface area contributed by atoms with Gasteiger partial charge in [-0.2, -0.15) is 0 Å². The summed E-state index contributed by atoms with van der Waals surface area (Å²) < 4.78 is 11.5. The Hall–Kier alpha value is -3.10. The quantitative estimate of drug-likeness (QED) is 0.705. The summed E-state index contributed by atoms with van der Waals surface area (Å²) in [4.78, 5) is 40.4. The van der Waals surface area contributed by atoms with Crippen molar-refractivity contribution in [2.75, 3.05) is 14.2 Å². The molecule has 0 aliphatic heterocycles. The minimum absolute atomic E-state index is 0.241. The number of carboxylic acids is 1. The summed E-state index contributed by atoms with van der Waals surface area (Å²) in [6.07, 6.45) is 1.84. The van der Waals surface area contributed by atoms with Crippen LogP contribution in [0.5, 0.6) is 11.5 Å². The van der Waals surface area contributed by atoms with E-state index in [0.29, 0.717) is 23.4 Å². The Bertz CT molecular complexity index is 908. The molecule has 1 aromatic carbocycles. The molecule has 9 nitrogen and oxygen atoms in total. The number of nitrogens with one attached hydrogen (secondary N) is 1. The van der Waals surface area contributed by atoms with Gasteiger partial charge in [-0.15, -0.1) is 0 Å². The number of carboxylic acid groups (broad SMARTS) is 1. The molecule has 0 bridgehead atoms. The zero-order valence-electron chi connectivity index (χ0n) is 15.7. The van der Waals surface area contributed by atoms with E-state index >= 15 is 0 Å². The number of fused-ring (bicyclic) bond motifs is 1. The highest BCUT2D eigenvalue weighted by Crippen LogP contribution is 2.29. The standard InChI is InChI=1S/C18H23N3O6/c1-5-10(2)16(18(24)25)20-15(22)8-21-9-19-12-7-14(27-4)13(26-3)6-11(12)17(21)23/h6-7,9-10,16H,5,8H2,1-4H3,(H,20,22)(H,24,25)/t10-,16-/m0/s1. The lowest BCUT2D eigenvalue weighted by Gasteiger charge is -2.20. The van der Waals surface area contributed by atoms with Crippen LogP contribution in [0.15, 0.2) is 23.3 Å². The predicted molar refractivity (Wildman–Crippen MR) is 98.1 cm³/mol. The summed E-state index contributed by atoms with van der Waals surface area (Å²) >= 11 is 0. The molecule has 0 saturated carbocycles. The number of aliphatic carboxylic acids is 1. The van der Waals surface area contributed by atoms with E-state index in [9.17, 15) is 19.5 Å². The first-order valence-corrected chi connectivity index (χ1v) is 8.45. The third-order valence-corrected chi connectivity index (χ3v) is 4.44. The molecule has 1 aromatic heterocycles. The second kappa shape index (κ2) is 8.52. The van der Waals surface area contributed by atoms with Gasteiger partial charge in [0.15, 0.2) is 11.5 Å². The molecule has 9 heteroatoms. The Balaban J connectivity index is 2.31. The molecule has 0 unspecified atom stereocenters. The number of rotatable bonds is 8. The van der Waals surface area contributed by atoms with Crippen LogP contribution in [0.1, 0.15) is 20.3 Å². The van der Waals surface area contributed by atoms with Gasteiger partial charge in [-0.3, -0.25) is 14.2 Å². The molecular formula is C18H23N3O6. The first kappa shape index (κ1) is 20.2. The minimum Gasteiger partial charge on any atom is -0.493 e. The molecule has 0 spiro atoms. The molecule has 2 atom stereocenters. The molecule has 0 aliphatic carbocycles. The zero-order chi connectivity index (χ0) is 20.1. The van der Waals surface area contributed by atoms with Crippen LogP contribution in [0, 0.1) is 5.92 Å². The third kappa shape index (κ3) is 4.36. The lowest BCUT2D eigenvalue weighted by molar-refractivity contribution is -0.143. The van der Waals surface area contributed by atoms with Crippen molar-refractivity contribution in [2.24, 2.45) is 5.92 Å². The topological polar surface area (TPSA) is 120 Å². The highest BCUT2D eigenvalue weighted by atomic mass is 16.5. The lowest BCUT2D eigenvalue weighted by atomic mass is 9.99. The zero-order valence-corrected chi connectivity index (χ0v) is 15.7. The number of aromatic nitrogens is 2. The summed E-state index contributed by atoms with van der Waals surface area (Å²) in [6.45, 7) is 3.24. The first-order valence-electron chi connectivity index (χ1n) is 8.45. The van der Waals surface area contributed by atoms with Gasteiger partial charge in [0.25, 0.3) is 5.56 Å². The second-order valence-electron chi connectivity index (χ2n) is 6.17. The van der Waals surface area contributed by atoms with Gasteiger partial charge in [-0.05, 0) is 12.0 Å². The van der Waals surface area contributed by atoms with Crippen LogP contribution in [-0.4, -0.2) is 46.8 Å². The maximum atomic E-state index is 12.7. The van der Waals surface area contributed by atoms with Crippen LogP contribution in [0.25, 0.3) is 10.9 Å². The van der Waals surface area contributed by atoms with Gasteiger partial charge in [0.2, 0.25) is 5.91 Å². The molecular weight excluding hydrogens is 354 g/mol. The summed E-state index contributed by atoms with van der Waals surface area (Å²) in [6, 6.07) is 2.05. The van der Waals surface area contributed by atoms with Gasteiger partial charge in [0, 0.05) is 6.07 Å². The normalized spacial score (nSPS) is 13.0. The molecule has 2 rings (SSSR count). The summed E-state index contributed by atoms with van der Waals surface area (Å²) in [5, 5.41) is 12.0. The van der Waals surface area contributed by atoms with Crippen molar-refractivity contribution in [1.82, 2.24) is 14.9 Å². The maximum absolute atomic E-state index is 12.7. The number of methoxy groups -OCH3 is 2. The van der Waals surface area contributed by atoms with Gasteiger partial charge in [0.05, 0.1) is 31.4 Å².